The van der Waals surface area contributed by atoms with Crippen LogP contribution >= 0.6 is 11.8 Å². The van der Waals surface area contributed by atoms with E-state index in [1.165, 1.54) is 18.7 Å². The first kappa shape index (κ1) is 20.0. The van der Waals surface area contributed by atoms with Crippen LogP contribution in [-0.2, 0) is 4.79 Å². The molecular weight excluding hydrogens is 378 g/mol. The van der Waals surface area contributed by atoms with Crippen LogP contribution in [0.2, 0.25) is 0 Å². The first-order valence-electron chi connectivity index (χ1n) is 8.87. The van der Waals surface area contributed by atoms with Gasteiger partial charge in [-0.15, -0.1) is 11.8 Å². The molecule has 0 bridgehead atoms. The standard InChI is InChI=1S/C20H23N3O4S/c1-11-17(13(3)24)12(2)21-18(11)20(26)23-10-28-9-16(23)19(25)22-14-5-7-15(27-4)8-6-14/h5-8,16,21H,9-10H2,1-4H3,(H,22,25). The normalized spacial score (nSPS) is 16.1. The minimum Gasteiger partial charge on any atom is -0.497 e. The summed E-state index contributed by atoms with van der Waals surface area (Å²) in [6, 6.07) is 6.45. The number of ether oxygens (including phenoxy) is 1. The SMILES string of the molecule is COc1ccc(NC(=O)C2CSCN2C(=O)c2[nH]c(C)c(C(C)=O)c2C)cc1. The Hall–Kier alpha value is -2.74. The number of hydrogen-bond acceptors (Lipinski definition) is 5. The zero-order chi connectivity index (χ0) is 20.4. The fourth-order valence-corrected chi connectivity index (χ4v) is 4.55. The molecule has 1 aliphatic heterocycles. The second-order valence-corrected chi connectivity index (χ2v) is 7.69. The molecule has 28 heavy (non-hydrogen) atoms. The van der Waals surface area contributed by atoms with Gasteiger partial charge in [-0.25, -0.2) is 0 Å². The van der Waals surface area contributed by atoms with Crippen LogP contribution in [-0.4, -0.2) is 52.3 Å². The van der Waals surface area contributed by atoms with Crippen LogP contribution in [0, 0.1) is 13.8 Å². The van der Waals surface area contributed by atoms with E-state index in [-0.39, 0.29) is 17.6 Å². The summed E-state index contributed by atoms with van der Waals surface area (Å²) >= 11 is 1.52. The number of aromatic nitrogens is 1. The van der Waals surface area contributed by atoms with Crippen molar-refractivity contribution in [1.82, 2.24) is 9.88 Å². The molecule has 2 heterocycles. The van der Waals surface area contributed by atoms with Gasteiger partial charge in [0.1, 0.15) is 17.5 Å². The van der Waals surface area contributed by atoms with E-state index in [0.717, 1.165) is 0 Å². The Morgan fingerprint density at radius 3 is 2.46 bits per heavy atom. The van der Waals surface area contributed by atoms with Gasteiger partial charge in [0.05, 0.1) is 13.0 Å². The summed E-state index contributed by atoms with van der Waals surface area (Å²) in [5.74, 6) is 1.04. The maximum absolute atomic E-state index is 13.1. The topological polar surface area (TPSA) is 91.5 Å². The minimum atomic E-state index is -0.580. The largest absolute Gasteiger partial charge is 0.497 e. The van der Waals surface area contributed by atoms with Crippen LogP contribution in [0.4, 0.5) is 5.69 Å². The number of aromatic amines is 1. The lowest BCUT2D eigenvalue weighted by Gasteiger charge is -2.23. The van der Waals surface area contributed by atoms with E-state index in [4.69, 9.17) is 4.74 Å². The molecule has 0 spiro atoms. The number of carbonyl (C=O) groups is 3. The van der Waals surface area contributed by atoms with Crippen molar-refractivity contribution in [2.75, 3.05) is 24.1 Å². The van der Waals surface area contributed by atoms with Crippen LogP contribution in [0.3, 0.4) is 0 Å². The molecule has 1 saturated heterocycles. The van der Waals surface area contributed by atoms with E-state index in [1.54, 1.807) is 50.1 Å². The van der Waals surface area contributed by atoms with Crippen LogP contribution in [0.1, 0.15) is 39.0 Å². The fraction of sp³-hybridized carbons (Fsp3) is 0.350. The number of H-pyrrole nitrogens is 1. The predicted molar refractivity (Wildman–Crippen MR) is 109 cm³/mol. The predicted octanol–water partition coefficient (Wildman–Crippen LogP) is 3.00. The Labute approximate surface area is 167 Å². The molecule has 1 fully saturated rings. The highest BCUT2D eigenvalue weighted by Crippen LogP contribution is 2.27. The highest BCUT2D eigenvalue weighted by molar-refractivity contribution is 7.99. The van der Waals surface area contributed by atoms with Gasteiger partial charge in [-0.05, 0) is 50.6 Å². The van der Waals surface area contributed by atoms with Gasteiger partial charge in [-0.3, -0.25) is 14.4 Å². The quantitative estimate of drug-likeness (QED) is 0.752. The van der Waals surface area contributed by atoms with Crippen molar-refractivity contribution in [3.63, 3.8) is 0 Å². The van der Waals surface area contributed by atoms with Gasteiger partial charge >= 0.3 is 0 Å². The number of thioether (sulfide) groups is 1. The van der Waals surface area contributed by atoms with Crippen molar-refractivity contribution in [3.8, 4) is 5.75 Å². The highest BCUT2D eigenvalue weighted by atomic mass is 32.2. The van der Waals surface area contributed by atoms with E-state index in [0.29, 0.717) is 45.6 Å². The molecule has 2 amide bonds. The molecule has 1 aromatic carbocycles. The summed E-state index contributed by atoms with van der Waals surface area (Å²) in [6.07, 6.45) is 0. The van der Waals surface area contributed by atoms with Gasteiger partial charge in [0.25, 0.3) is 5.91 Å². The van der Waals surface area contributed by atoms with Crippen LogP contribution < -0.4 is 10.1 Å². The van der Waals surface area contributed by atoms with Crippen molar-refractivity contribution in [3.05, 3.63) is 46.8 Å². The number of carbonyl (C=O) groups excluding carboxylic acids is 3. The molecular formula is C20H23N3O4S. The molecule has 0 radical (unpaired) electrons. The number of benzene rings is 1. The third-order valence-electron chi connectivity index (χ3n) is 4.81. The zero-order valence-corrected chi connectivity index (χ0v) is 17.1. The number of methoxy groups -OCH3 is 1. The maximum atomic E-state index is 13.1. The molecule has 2 N–H and O–H groups in total. The van der Waals surface area contributed by atoms with Gasteiger partial charge in [0, 0.05) is 22.7 Å². The Morgan fingerprint density at radius 2 is 1.89 bits per heavy atom. The Balaban J connectivity index is 1.78. The Morgan fingerprint density at radius 1 is 1.21 bits per heavy atom. The minimum absolute atomic E-state index is 0.0881. The molecule has 148 valence electrons. The molecule has 1 atom stereocenters. The Bertz CT molecular complexity index is 920. The lowest BCUT2D eigenvalue weighted by molar-refractivity contribution is -0.119. The molecule has 0 saturated carbocycles. The Kier molecular flexibility index (Phi) is 5.79. The number of aryl methyl sites for hydroxylation is 1. The average Bonchev–Trinajstić information content (AvgIpc) is 3.26. The van der Waals surface area contributed by atoms with Gasteiger partial charge in [-0.2, -0.15) is 0 Å². The lowest BCUT2D eigenvalue weighted by Crippen LogP contribution is -2.44. The van der Waals surface area contributed by atoms with E-state index in [9.17, 15) is 14.4 Å². The number of rotatable bonds is 5. The third-order valence-corrected chi connectivity index (χ3v) is 5.82. The summed E-state index contributed by atoms with van der Waals surface area (Å²) < 4.78 is 5.11. The number of Topliss-reactive ketones (excluding diaryl/α,β-unsaturated/α-hetero) is 1. The first-order chi connectivity index (χ1) is 13.3. The number of nitrogens with one attached hydrogen (secondary N) is 2. The van der Waals surface area contributed by atoms with Crippen molar-refractivity contribution in [1.29, 1.82) is 0 Å². The number of hydrogen-bond donors (Lipinski definition) is 2. The molecule has 1 aromatic heterocycles. The zero-order valence-electron chi connectivity index (χ0n) is 16.3. The van der Waals surface area contributed by atoms with Crippen LogP contribution in [0.15, 0.2) is 24.3 Å². The maximum Gasteiger partial charge on any atom is 0.271 e. The van der Waals surface area contributed by atoms with E-state index < -0.39 is 6.04 Å². The lowest BCUT2D eigenvalue weighted by atomic mass is 10.1. The number of ketones is 1. The van der Waals surface area contributed by atoms with Crippen molar-refractivity contribution < 1.29 is 19.1 Å². The van der Waals surface area contributed by atoms with E-state index in [1.807, 2.05) is 0 Å². The second kappa shape index (κ2) is 8.10. The fourth-order valence-electron chi connectivity index (χ4n) is 3.40. The molecule has 2 aromatic rings. The van der Waals surface area contributed by atoms with Gasteiger partial charge < -0.3 is 19.9 Å². The van der Waals surface area contributed by atoms with E-state index in [2.05, 4.69) is 10.3 Å². The summed E-state index contributed by atoms with van der Waals surface area (Å²) in [6.45, 7) is 5.00. The van der Waals surface area contributed by atoms with Gasteiger partial charge in [0.2, 0.25) is 5.91 Å². The van der Waals surface area contributed by atoms with Crippen LogP contribution in [0.25, 0.3) is 0 Å². The van der Waals surface area contributed by atoms with Crippen molar-refractivity contribution in [2.45, 2.75) is 26.8 Å². The van der Waals surface area contributed by atoms with Crippen LogP contribution in [0.5, 0.6) is 5.75 Å². The second-order valence-electron chi connectivity index (χ2n) is 6.69. The molecule has 1 unspecified atom stereocenters. The van der Waals surface area contributed by atoms with Crippen molar-refractivity contribution in [2.24, 2.45) is 0 Å². The molecule has 1 aliphatic rings. The molecule has 3 rings (SSSR count). The molecule has 8 heteroatoms. The molecule has 0 aliphatic carbocycles. The van der Waals surface area contributed by atoms with E-state index >= 15 is 0 Å². The average molecular weight is 401 g/mol. The highest BCUT2D eigenvalue weighted by Gasteiger charge is 2.36. The van der Waals surface area contributed by atoms with Gasteiger partial charge in [-0.1, -0.05) is 0 Å². The first-order valence-corrected chi connectivity index (χ1v) is 10.0. The molecule has 7 nitrogen and oxygen atoms in total. The smallest absolute Gasteiger partial charge is 0.271 e. The number of anilines is 1. The van der Waals surface area contributed by atoms with Gasteiger partial charge in [0.15, 0.2) is 5.78 Å². The monoisotopic (exact) mass is 401 g/mol. The third kappa shape index (κ3) is 3.77. The summed E-state index contributed by atoms with van der Waals surface area (Å²) in [4.78, 5) is 42.3. The summed E-state index contributed by atoms with van der Waals surface area (Å²) in [5, 5.41) is 2.85. The summed E-state index contributed by atoms with van der Waals surface area (Å²) in [5.41, 5.74) is 2.84. The number of amides is 2. The number of nitrogens with zero attached hydrogens (tertiary/aromatic N) is 1. The summed E-state index contributed by atoms with van der Waals surface area (Å²) in [7, 11) is 1.58. The van der Waals surface area contributed by atoms with Crippen molar-refractivity contribution >= 4 is 35.0 Å².